The van der Waals surface area contributed by atoms with Gasteiger partial charge in [-0.3, -0.25) is 14.5 Å². The van der Waals surface area contributed by atoms with Crippen molar-refractivity contribution in [2.24, 2.45) is 5.92 Å². The van der Waals surface area contributed by atoms with Crippen LogP contribution in [-0.4, -0.2) is 41.9 Å². The zero-order valence-electron chi connectivity index (χ0n) is 16.4. The highest BCUT2D eigenvalue weighted by Gasteiger charge is 2.49. The van der Waals surface area contributed by atoms with E-state index in [-0.39, 0.29) is 24.2 Å². The number of carbonyl (C=O) groups excluding carboxylic acids is 3. The van der Waals surface area contributed by atoms with Crippen LogP contribution in [0.1, 0.15) is 45.1 Å². The number of imide groups is 1. The first-order valence-electron chi connectivity index (χ1n) is 9.69. The number of nitrogens with one attached hydrogen (secondary N) is 2. The lowest BCUT2D eigenvalue weighted by molar-refractivity contribution is -0.135. The van der Waals surface area contributed by atoms with Crippen LogP contribution >= 0.6 is 0 Å². The van der Waals surface area contributed by atoms with Crippen molar-refractivity contribution in [2.75, 3.05) is 6.54 Å². The number of carbonyl (C=O) groups is 3. The molecule has 0 bridgehead atoms. The fourth-order valence-electron chi connectivity index (χ4n) is 3.93. The summed E-state index contributed by atoms with van der Waals surface area (Å²) in [5, 5.41) is 5.52. The van der Waals surface area contributed by atoms with Crippen LogP contribution in [0, 0.1) is 5.92 Å². The Kier molecular flexibility index (Phi) is 6.04. The van der Waals surface area contributed by atoms with Crippen molar-refractivity contribution in [3.05, 3.63) is 29.8 Å². The number of hydrogen-bond acceptors (Lipinski definition) is 4. The van der Waals surface area contributed by atoms with Crippen molar-refractivity contribution in [1.29, 1.82) is 0 Å². The standard InChI is InChI=1S/C20H25F2N3O4/c1-12-5-3-4-6-15(12)23-16(26)11-25-17(27)20(2,24-19(25)28)13-7-9-14(10-8-13)29-18(21)22/h7-10,12,15,18H,3-6,11H2,1-2H3,(H,23,26)(H,24,28)/t12-,15+,20-/m0/s1. The van der Waals surface area contributed by atoms with E-state index in [1.165, 1.54) is 31.2 Å². The molecule has 1 aliphatic heterocycles. The SMILES string of the molecule is C[C@H]1CCCC[C@H]1NC(=O)CN1C(=O)N[C@@](C)(c2ccc(OC(F)F)cc2)C1=O. The molecule has 2 aliphatic rings. The van der Waals surface area contributed by atoms with Gasteiger partial charge < -0.3 is 15.4 Å². The molecular weight excluding hydrogens is 384 g/mol. The number of urea groups is 1. The molecule has 2 N–H and O–H groups in total. The molecule has 0 unspecified atom stereocenters. The summed E-state index contributed by atoms with van der Waals surface area (Å²) >= 11 is 0. The van der Waals surface area contributed by atoms with Crippen molar-refractivity contribution in [3.63, 3.8) is 0 Å². The third-order valence-corrected chi connectivity index (χ3v) is 5.69. The number of amides is 4. The molecule has 158 valence electrons. The number of hydrogen-bond donors (Lipinski definition) is 2. The molecule has 3 atom stereocenters. The fraction of sp³-hybridized carbons (Fsp3) is 0.550. The molecule has 0 spiro atoms. The predicted molar refractivity (Wildman–Crippen MR) is 100 cm³/mol. The first kappa shape index (κ1) is 21.0. The number of halogens is 2. The first-order valence-corrected chi connectivity index (χ1v) is 9.69. The quantitative estimate of drug-likeness (QED) is 0.708. The van der Waals surface area contributed by atoms with Gasteiger partial charge in [0.2, 0.25) is 5.91 Å². The molecule has 1 heterocycles. The maximum absolute atomic E-state index is 12.9. The number of rotatable bonds is 6. The van der Waals surface area contributed by atoms with E-state index in [0.717, 1.165) is 30.6 Å². The minimum atomic E-state index is -2.95. The number of alkyl halides is 2. The highest BCUT2D eigenvalue weighted by atomic mass is 19.3. The number of ether oxygens (including phenoxy) is 1. The lowest BCUT2D eigenvalue weighted by Gasteiger charge is -2.30. The van der Waals surface area contributed by atoms with Crippen LogP contribution in [0.3, 0.4) is 0 Å². The molecule has 4 amide bonds. The maximum Gasteiger partial charge on any atom is 0.387 e. The van der Waals surface area contributed by atoms with Crippen molar-refractivity contribution in [2.45, 2.75) is 57.7 Å². The van der Waals surface area contributed by atoms with E-state index in [2.05, 4.69) is 22.3 Å². The molecular formula is C20H25F2N3O4. The summed E-state index contributed by atoms with van der Waals surface area (Å²) in [4.78, 5) is 38.6. The maximum atomic E-state index is 12.9. The summed E-state index contributed by atoms with van der Waals surface area (Å²) in [7, 11) is 0. The van der Waals surface area contributed by atoms with Crippen LogP contribution in [0.2, 0.25) is 0 Å². The monoisotopic (exact) mass is 409 g/mol. The van der Waals surface area contributed by atoms with Gasteiger partial charge in [-0.1, -0.05) is 31.9 Å². The van der Waals surface area contributed by atoms with Crippen LogP contribution in [-0.2, 0) is 15.1 Å². The van der Waals surface area contributed by atoms with Crippen LogP contribution in [0.4, 0.5) is 13.6 Å². The topological polar surface area (TPSA) is 87.7 Å². The van der Waals surface area contributed by atoms with Gasteiger partial charge in [0.15, 0.2) is 0 Å². The zero-order chi connectivity index (χ0) is 21.2. The highest BCUT2D eigenvalue weighted by Crippen LogP contribution is 2.30. The Bertz CT molecular complexity index is 786. The second-order valence-corrected chi connectivity index (χ2v) is 7.79. The molecule has 3 rings (SSSR count). The van der Waals surface area contributed by atoms with Gasteiger partial charge in [0.05, 0.1) is 0 Å². The van der Waals surface area contributed by atoms with Crippen LogP contribution in [0.25, 0.3) is 0 Å². The molecule has 9 heteroatoms. The van der Waals surface area contributed by atoms with Crippen molar-refractivity contribution in [3.8, 4) is 5.75 Å². The van der Waals surface area contributed by atoms with Gasteiger partial charge in [-0.2, -0.15) is 8.78 Å². The van der Waals surface area contributed by atoms with Gasteiger partial charge in [0, 0.05) is 6.04 Å². The van der Waals surface area contributed by atoms with E-state index in [0.29, 0.717) is 11.5 Å². The molecule has 7 nitrogen and oxygen atoms in total. The minimum Gasteiger partial charge on any atom is -0.435 e. The summed E-state index contributed by atoms with van der Waals surface area (Å²) in [6.07, 6.45) is 4.11. The third kappa shape index (κ3) is 4.49. The Morgan fingerprint density at radius 2 is 1.93 bits per heavy atom. The Morgan fingerprint density at radius 3 is 2.55 bits per heavy atom. The van der Waals surface area contributed by atoms with Crippen LogP contribution in [0.15, 0.2) is 24.3 Å². The molecule has 1 saturated heterocycles. The smallest absolute Gasteiger partial charge is 0.387 e. The van der Waals surface area contributed by atoms with Gasteiger partial charge in [0.1, 0.15) is 17.8 Å². The minimum absolute atomic E-state index is 0.0470. The Balaban J connectivity index is 1.67. The highest BCUT2D eigenvalue weighted by molar-refractivity contribution is 6.09. The summed E-state index contributed by atoms with van der Waals surface area (Å²) in [6, 6.07) is 4.84. The fourth-order valence-corrected chi connectivity index (χ4v) is 3.93. The van der Waals surface area contributed by atoms with Crippen LogP contribution < -0.4 is 15.4 Å². The van der Waals surface area contributed by atoms with Gasteiger partial charge in [-0.25, -0.2) is 4.79 Å². The molecule has 1 aliphatic carbocycles. The average Bonchev–Trinajstić information content (AvgIpc) is 2.88. The van der Waals surface area contributed by atoms with Crippen LogP contribution in [0.5, 0.6) is 5.75 Å². The van der Waals surface area contributed by atoms with Crippen molar-refractivity contribution in [1.82, 2.24) is 15.5 Å². The largest absolute Gasteiger partial charge is 0.435 e. The first-order chi connectivity index (χ1) is 13.7. The van der Waals surface area contributed by atoms with Gasteiger partial charge in [-0.15, -0.1) is 0 Å². The summed E-state index contributed by atoms with van der Waals surface area (Å²) in [5.41, 5.74) is -0.986. The predicted octanol–water partition coefficient (Wildman–Crippen LogP) is 2.75. The van der Waals surface area contributed by atoms with Gasteiger partial charge in [0.25, 0.3) is 5.91 Å². The number of benzene rings is 1. The average molecular weight is 409 g/mol. The van der Waals surface area contributed by atoms with Gasteiger partial charge >= 0.3 is 12.6 Å². The normalized spacial score (nSPS) is 27.1. The molecule has 1 saturated carbocycles. The van der Waals surface area contributed by atoms with E-state index < -0.39 is 24.1 Å². The zero-order valence-corrected chi connectivity index (χ0v) is 16.4. The molecule has 0 aromatic heterocycles. The summed E-state index contributed by atoms with van der Waals surface area (Å²) < 4.78 is 28.9. The van der Waals surface area contributed by atoms with E-state index >= 15 is 0 Å². The second-order valence-electron chi connectivity index (χ2n) is 7.79. The van der Waals surface area contributed by atoms with Crippen molar-refractivity contribution >= 4 is 17.8 Å². The van der Waals surface area contributed by atoms with Crippen molar-refractivity contribution < 1.29 is 27.9 Å². The van der Waals surface area contributed by atoms with E-state index in [1.807, 2.05) is 0 Å². The Hall–Kier alpha value is -2.71. The summed E-state index contributed by atoms with van der Waals surface area (Å²) in [6.45, 7) is 0.272. The molecule has 2 fully saturated rings. The molecule has 1 aromatic carbocycles. The van der Waals surface area contributed by atoms with Gasteiger partial charge in [-0.05, 0) is 43.4 Å². The second kappa shape index (κ2) is 8.34. The van der Waals surface area contributed by atoms with E-state index in [1.54, 1.807) is 0 Å². The summed E-state index contributed by atoms with van der Waals surface area (Å²) in [5.74, 6) is -0.647. The lowest BCUT2D eigenvalue weighted by atomic mass is 9.86. The Morgan fingerprint density at radius 1 is 1.28 bits per heavy atom. The molecule has 0 radical (unpaired) electrons. The Labute approximate surface area is 167 Å². The molecule has 1 aromatic rings. The molecule has 29 heavy (non-hydrogen) atoms. The third-order valence-electron chi connectivity index (χ3n) is 5.69. The van der Waals surface area contributed by atoms with E-state index in [4.69, 9.17) is 0 Å². The van der Waals surface area contributed by atoms with E-state index in [9.17, 15) is 23.2 Å². The lowest BCUT2D eigenvalue weighted by Crippen LogP contribution is -2.47. The number of nitrogens with zero attached hydrogens (tertiary/aromatic N) is 1.